The maximum atomic E-state index is 12.8. The zero-order valence-corrected chi connectivity index (χ0v) is 15.1. The fourth-order valence-corrected chi connectivity index (χ4v) is 3.57. The molecule has 1 aliphatic rings. The van der Waals surface area contributed by atoms with Crippen LogP contribution in [-0.2, 0) is 11.2 Å². The highest BCUT2D eigenvalue weighted by atomic mass is 16.5. The van der Waals surface area contributed by atoms with E-state index in [0.717, 1.165) is 36.9 Å². The number of rotatable bonds is 5. The van der Waals surface area contributed by atoms with E-state index >= 15 is 0 Å². The summed E-state index contributed by atoms with van der Waals surface area (Å²) < 4.78 is 5.33. The number of carbonyl (C=O) groups excluding carboxylic acids is 1. The van der Waals surface area contributed by atoms with Crippen molar-refractivity contribution in [1.29, 1.82) is 0 Å². The molecule has 0 N–H and O–H groups in total. The van der Waals surface area contributed by atoms with Gasteiger partial charge in [-0.25, -0.2) is 0 Å². The van der Waals surface area contributed by atoms with Gasteiger partial charge in [0.25, 0.3) is 0 Å². The molecule has 138 valence electrons. The Kier molecular flexibility index (Phi) is 5.23. The lowest BCUT2D eigenvalue weighted by molar-refractivity contribution is -0.135. The number of likely N-dealkylation sites (tertiary alicyclic amines) is 1. The van der Waals surface area contributed by atoms with Crippen LogP contribution in [0.1, 0.15) is 43.2 Å². The van der Waals surface area contributed by atoms with Crippen molar-refractivity contribution >= 4 is 5.91 Å². The number of piperidine rings is 1. The van der Waals surface area contributed by atoms with Gasteiger partial charge < -0.3 is 9.42 Å². The minimum Gasteiger partial charge on any atom is -0.339 e. The first-order valence-corrected chi connectivity index (χ1v) is 9.38. The lowest BCUT2D eigenvalue weighted by Gasteiger charge is -2.36. The van der Waals surface area contributed by atoms with Crippen LogP contribution in [0.15, 0.2) is 59.4 Å². The third kappa shape index (κ3) is 4.05. The van der Waals surface area contributed by atoms with E-state index in [-0.39, 0.29) is 11.9 Å². The Hall–Kier alpha value is -3.02. The molecule has 0 aliphatic carbocycles. The molecule has 3 aromatic rings. The van der Waals surface area contributed by atoms with E-state index < -0.39 is 0 Å². The summed E-state index contributed by atoms with van der Waals surface area (Å²) in [6, 6.07) is 13.8. The number of aromatic nitrogens is 3. The van der Waals surface area contributed by atoms with Crippen molar-refractivity contribution in [3.8, 4) is 11.4 Å². The van der Waals surface area contributed by atoms with Crippen molar-refractivity contribution in [3.05, 3.63) is 66.3 Å². The summed E-state index contributed by atoms with van der Waals surface area (Å²) >= 11 is 0. The molecule has 0 bridgehead atoms. The Balaban J connectivity index is 1.40. The van der Waals surface area contributed by atoms with Crippen molar-refractivity contribution < 1.29 is 9.32 Å². The lowest BCUT2D eigenvalue weighted by atomic mass is 9.96. The molecule has 1 fully saturated rings. The SMILES string of the molecule is O=C(CCc1nc(-c2ccccc2)no1)N1CCCC[C@H]1c1cccnc1. The smallest absolute Gasteiger partial charge is 0.227 e. The number of benzene rings is 1. The molecule has 6 nitrogen and oxygen atoms in total. The number of hydrogen-bond donors (Lipinski definition) is 0. The molecular weight excluding hydrogens is 340 g/mol. The van der Waals surface area contributed by atoms with Gasteiger partial charge in [-0.2, -0.15) is 4.98 Å². The second kappa shape index (κ2) is 8.12. The zero-order valence-electron chi connectivity index (χ0n) is 15.1. The second-order valence-corrected chi connectivity index (χ2v) is 6.76. The van der Waals surface area contributed by atoms with Gasteiger partial charge in [0.2, 0.25) is 17.6 Å². The van der Waals surface area contributed by atoms with Gasteiger partial charge >= 0.3 is 0 Å². The molecule has 1 aliphatic heterocycles. The third-order valence-electron chi connectivity index (χ3n) is 4.95. The van der Waals surface area contributed by atoms with Crippen LogP contribution in [0, 0.1) is 0 Å². The predicted octanol–water partition coefficient (Wildman–Crippen LogP) is 3.82. The highest BCUT2D eigenvalue weighted by molar-refractivity contribution is 5.77. The topological polar surface area (TPSA) is 72.1 Å². The number of aryl methyl sites for hydroxylation is 1. The standard InChI is InChI=1S/C21H22N4O2/c26-20(25-14-5-4-10-18(25)17-9-6-13-22-15-17)12-11-19-23-21(24-27-19)16-7-2-1-3-8-16/h1-3,6-9,13,15,18H,4-5,10-12,14H2/t18-/m0/s1. The molecular formula is C21H22N4O2. The minimum absolute atomic E-state index is 0.113. The van der Waals surface area contributed by atoms with Crippen LogP contribution in [-0.4, -0.2) is 32.5 Å². The molecule has 0 saturated carbocycles. The van der Waals surface area contributed by atoms with Crippen molar-refractivity contribution in [1.82, 2.24) is 20.0 Å². The Bertz CT molecular complexity index is 879. The first-order valence-electron chi connectivity index (χ1n) is 9.38. The van der Waals surface area contributed by atoms with Crippen LogP contribution in [0.5, 0.6) is 0 Å². The summed E-state index contributed by atoms with van der Waals surface area (Å²) in [6.45, 7) is 0.789. The van der Waals surface area contributed by atoms with Gasteiger partial charge in [0.1, 0.15) is 0 Å². The summed E-state index contributed by atoms with van der Waals surface area (Å²) in [5.41, 5.74) is 2.02. The molecule has 1 amide bonds. The average molecular weight is 362 g/mol. The third-order valence-corrected chi connectivity index (χ3v) is 4.95. The van der Waals surface area contributed by atoms with Crippen molar-refractivity contribution in [2.75, 3.05) is 6.54 Å². The monoisotopic (exact) mass is 362 g/mol. The van der Waals surface area contributed by atoms with Crippen LogP contribution in [0.4, 0.5) is 0 Å². The van der Waals surface area contributed by atoms with Gasteiger partial charge in [0.15, 0.2) is 0 Å². The Labute approximate surface area is 158 Å². The second-order valence-electron chi connectivity index (χ2n) is 6.76. The molecule has 1 saturated heterocycles. The summed E-state index contributed by atoms with van der Waals surface area (Å²) in [7, 11) is 0. The molecule has 1 atom stereocenters. The van der Waals surface area contributed by atoms with Gasteiger partial charge in [0.05, 0.1) is 6.04 Å². The van der Waals surface area contributed by atoms with E-state index in [9.17, 15) is 4.79 Å². The van der Waals surface area contributed by atoms with Crippen molar-refractivity contribution in [2.45, 2.75) is 38.1 Å². The first kappa shape index (κ1) is 17.4. The maximum Gasteiger partial charge on any atom is 0.227 e. The molecule has 2 aromatic heterocycles. The number of amides is 1. The zero-order chi connectivity index (χ0) is 18.5. The molecule has 0 radical (unpaired) electrons. The molecule has 4 rings (SSSR count). The van der Waals surface area contributed by atoms with Crippen LogP contribution >= 0.6 is 0 Å². The fourth-order valence-electron chi connectivity index (χ4n) is 3.57. The quantitative estimate of drug-likeness (QED) is 0.690. The largest absolute Gasteiger partial charge is 0.339 e. The fraction of sp³-hybridized carbons (Fsp3) is 0.333. The van der Waals surface area contributed by atoms with E-state index in [1.54, 1.807) is 6.20 Å². The normalized spacial score (nSPS) is 17.0. The number of hydrogen-bond acceptors (Lipinski definition) is 5. The maximum absolute atomic E-state index is 12.8. The molecule has 3 heterocycles. The predicted molar refractivity (Wildman–Crippen MR) is 101 cm³/mol. The van der Waals surface area contributed by atoms with Gasteiger partial charge in [-0.05, 0) is 30.9 Å². The lowest BCUT2D eigenvalue weighted by Crippen LogP contribution is -2.38. The van der Waals surface area contributed by atoms with E-state index in [4.69, 9.17) is 4.52 Å². The minimum atomic E-state index is 0.113. The van der Waals surface area contributed by atoms with Crippen molar-refractivity contribution in [3.63, 3.8) is 0 Å². The Morgan fingerprint density at radius 2 is 2.04 bits per heavy atom. The van der Waals surface area contributed by atoms with E-state index in [1.165, 1.54) is 0 Å². The Morgan fingerprint density at radius 1 is 1.15 bits per heavy atom. The molecule has 1 aromatic carbocycles. The molecule has 0 spiro atoms. The Morgan fingerprint density at radius 3 is 2.85 bits per heavy atom. The molecule has 0 unspecified atom stereocenters. The van der Waals surface area contributed by atoms with Gasteiger partial charge in [-0.15, -0.1) is 0 Å². The van der Waals surface area contributed by atoms with Gasteiger partial charge in [-0.3, -0.25) is 9.78 Å². The average Bonchev–Trinajstić information content (AvgIpc) is 3.22. The number of nitrogens with zero attached hydrogens (tertiary/aromatic N) is 4. The van der Waals surface area contributed by atoms with E-state index in [2.05, 4.69) is 15.1 Å². The highest BCUT2D eigenvalue weighted by Crippen LogP contribution is 2.31. The van der Waals surface area contributed by atoms with Crippen LogP contribution in [0.25, 0.3) is 11.4 Å². The summed E-state index contributed by atoms with van der Waals surface area (Å²) in [5.74, 6) is 1.18. The van der Waals surface area contributed by atoms with Gasteiger partial charge in [0, 0.05) is 37.3 Å². The van der Waals surface area contributed by atoms with Crippen LogP contribution in [0.3, 0.4) is 0 Å². The highest BCUT2D eigenvalue weighted by Gasteiger charge is 2.28. The van der Waals surface area contributed by atoms with Crippen LogP contribution < -0.4 is 0 Å². The first-order chi connectivity index (χ1) is 13.3. The summed E-state index contributed by atoms with van der Waals surface area (Å²) in [4.78, 5) is 23.5. The number of pyridine rings is 1. The molecule has 6 heteroatoms. The van der Waals surface area contributed by atoms with E-state index in [1.807, 2.05) is 53.6 Å². The van der Waals surface area contributed by atoms with Crippen LogP contribution in [0.2, 0.25) is 0 Å². The van der Waals surface area contributed by atoms with Crippen molar-refractivity contribution in [2.24, 2.45) is 0 Å². The van der Waals surface area contributed by atoms with Gasteiger partial charge in [-0.1, -0.05) is 41.6 Å². The summed E-state index contributed by atoms with van der Waals surface area (Å²) in [6.07, 6.45) is 7.60. The number of carbonyl (C=O) groups is 1. The molecule has 27 heavy (non-hydrogen) atoms. The summed E-state index contributed by atoms with van der Waals surface area (Å²) in [5, 5.41) is 4.02. The van der Waals surface area contributed by atoms with E-state index in [0.29, 0.717) is 24.6 Å².